The second-order valence-electron chi connectivity index (χ2n) is 3.19. The highest BCUT2D eigenvalue weighted by molar-refractivity contribution is 6.30. The molecule has 0 N–H and O–H groups in total. The molecule has 0 fully saturated rings. The van der Waals surface area contributed by atoms with Crippen LogP contribution in [-0.2, 0) is 5.88 Å². The lowest BCUT2D eigenvalue weighted by Gasteiger charge is -2.04. The Morgan fingerprint density at radius 3 is 2.53 bits per heavy atom. The van der Waals surface area contributed by atoms with Crippen molar-refractivity contribution in [1.29, 1.82) is 0 Å². The molecule has 0 aliphatic carbocycles. The van der Waals surface area contributed by atoms with E-state index >= 15 is 0 Å². The molecule has 3 nitrogen and oxygen atoms in total. The van der Waals surface area contributed by atoms with Gasteiger partial charge < -0.3 is 4.74 Å². The normalized spacial score (nSPS) is 10.3. The molecule has 0 aliphatic rings. The van der Waals surface area contributed by atoms with Gasteiger partial charge in [-0.1, -0.05) is 11.6 Å². The molecular weight excluding hydrogens is 266 g/mol. The molecule has 2 aromatic rings. The largest absolute Gasteiger partial charge is 0.424 e. The first-order valence-corrected chi connectivity index (χ1v) is 5.60. The fraction of sp³-hybridized carbons (Fsp3) is 0.0909. The minimum absolute atomic E-state index is 0.0377. The van der Waals surface area contributed by atoms with Gasteiger partial charge in [-0.15, -0.1) is 11.6 Å². The molecule has 0 saturated heterocycles. The summed E-state index contributed by atoms with van der Waals surface area (Å²) < 4.78 is 18.4. The maximum Gasteiger partial charge on any atom is 0.321 e. The maximum atomic E-state index is 13.1. The summed E-state index contributed by atoms with van der Waals surface area (Å²) in [5.41, 5.74) is 0.779. The molecule has 17 heavy (non-hydrogen) atoms. The molecule has 88 valence electrons. The third-order valence-electron chi connectivity index (χ3n) is 1.94. The van der Waals surface area contributed by atoms with Crippen LogP contribution in [0.5, 0.6) is 11.8 Å². The van der Waals surface area contributed by atoms with Crippen molar-refractivity contribution in [2.45, 2.75) is 5.88 Å². The van der Waals surface area contributed by atoms with Gasteiger partial charge in [-0.3, -0.25) is 0 Å². The van der Waals surface area contributed by atoms with Crippen molar-refractivity contribution in [3.8, 4) is 11.8 Å². The Balaban J connectivity index is 2.16. The molecule has 6 heteroatoms. The zero-order valence-electron chi connectivity index (χ0n) is 8.53. The lowest BCUT2D eigenvalue weighted by molar-refractivity contribution is 0.437. The predicted molar refractivity (Wildman–Crippen MR) is 63.1 cm³/mol. The summed E-state index contributed by atoms with van der Waals surface area (Å²) in [5.74, 6) is 0.0580. The molecule has 0 amide bonds. The molecule has 0 aliphatic heterocycles. The molecule has 0 bridgehead atoms. The fourth-order valence-electron chi connectivity index (χ4n) is 1.11. The quantitative estimate of drug-likeness (QED) is 0.798. The molecule has 1 aromatic carbocycles. The van der Waals surface area contributed by atoms with Crippen LogP contribution < -0.4 is 4.74 Å². The van der Waals surface area contributed by atoms with Crippen molar-refractivity contribution in [2.24, 2.45) is 0 Å². The Morgan fingerprint density at radius 2 is 1.94 bits per heavy atom. The van der Waals surface area contributed by atoms with E-state index in [1.165, 1.54) is 18.2 Å². The van der Waals surface area contributed by atoms with Gasteiger partial charge in [-0.2, -0.15) is 0 Å². The van der Waals surface area contributed by atoms with Crippen LogP contribution in [0, 0.1) is 5.82 Å². The van der Waals surface area contributed by atoms with Crippen LogP contribution in [0.15, 0.2) is 30.6 Å². The summed E-state index contributed by atoms with van der Waals surface area (Å²) in [6.07, 6.45) is 3.09. The van der Waals surface area contributed by atoms with Crippen molar-refractivity contribution in [3.63, 3.8) is 0 Å². The molecule has 0 saturated carbocycles. The SMILES string of the molecule is Fc1cc(Oc2ncc(CCl)cn2)ccc1Cl. The summed E-state index contributed by atoms with van der Waals surface area (Å²) in [5, 5.41) is 0.0377. The topological polar surface area (TPSA) is 35.0 Å². The number of benzene rings is 1. The van der Waals surface area contributed by atoms with Gasteiger partial charge in [0.25, 0.3) is 0 Å². The average Bonchev–Trinajstić information content (AvgIpc) is 2.35. The number of ether oxygens (including phenoxy) is 1. The van der Waals surface area contributed by atoms with E-state index in [0.717, 1.165) is 5.56 Å². The number of halogens is 3. The van der Waals surface area contributed by atoms with E-state index < -0.39 is 5.82 Å². The number of alkyl halides is 1. The monoisotopic (exact) mass is 272 g/mol. The van der Waals surface area contributed by atoms with Crippen LogP contribution in [0.1, 0.15) is 5.56 Å². The molecule has 1 heterocycles. The van der Waals surface area contributed by atoms with E-state index in [4.69, 9.17) is 27.9 Å². The van der Waals surface area contributed by atoms with E-state index in [1.54, 1.807) is 12.4 Å². The van der Waals surface area contributed by atoms with E-state index in [-0.39, 0.29) is 16.8 Å². The molecular formula is C11H7Cl2FN2O. The number of hydrogen-bond acceptors (Lipinski definition) is 3. The van der Waals surface area contributed by atoms with Gasteiger partial charge in [0.2, 0.25) is 0 Å². The van der Waals surface area contributed by atoms with Gasteiger partial charge in [0.05, 0.1) is 10.9 Å². The summed E-state index contributed by atoms with van der Waals surface area (Å²) in [4.78, 5) is 7.85. The van der Waals surface area contributed by atoms with Gasteiger partial charge in [-0.25, -0.2) is 14.4 Å². The molecule has 0 unspecified atom stereocenters. The zero-order chi connectivity index (χ0) is 12.3. The van der Waals surface area contributed by atoms with Crippen molar-refractivity contribution >= 4 is 23.2 Å². The standard InChI is InChI=1S/C11H7Cl2FN2O/c12-4-7-5-15-11(16-6-7)17-8-1-2-9(13)10(14)3-8/h1-3,5-6H,4H2. The maximum absolute atomic E-state index is 13.1. The van der Waals surface area contributed by atoms with Gasteiger partial charge in [0, 0.05) is 24.0 Å². The molecule has 1 aromatic heterocycles. The van der Waals surface area contributed by atoms with Gasteiger partial charge in [0.1, 0.15) is 11.6 Å². The first kappa shape index (κ1) is 12.1. The Hall–Kier alpha value is -1.39. The fourth-order valence-corrected chi connectivity index (χ4v) is 1.37. The van der Waals surface area contributed by atoms with Crippen molar-refractivity contribution in [1.82, 2.24) is 9.97 Å². The van der Waals surface area contributed by atoms with E-state index in [9.17, 15) is 4.39 Å². The first-order chi connectivity index (χ1) is 8.19. The van der Waals surface area contributed by atoms with Crippen molar-refractivity contribution in [3.05, 3.63) is 47.0 Å². The first-order valence-electron chi connectivity index (χ1n) is 4.69. The lowest BCUT2D eigenvalue weighted by Crippen LogP contribution is -1.93. The van der Waals surface area contributed by atoms with Crippen LogP contribution >= 0.6 is 23.2 Å². The summed E-state index contributed by atoms with van der Waals surface area (Å²) in [7, 11) is 0. The second kappa shape index (κ2) is 5.29. The highest BCUT2D eigenvalue weighted by Gasteiger charge is 2.04. The molecule has 2 rings (SSSR count). The minimum Gasteiger partial charge on any atom is -0.424 e. The molecule has 0 atom stereocenters. The van der Waals surface area contributed by atoms with Crippen LogP contribution in [0.25, 0.3) is 0 Å². The van der Waals surface area contributed by atoms with E-state index in [1.807, 2.05) is 0 Å². The van der Waals surface area contributed by atoms with Crippen LogP contribution in [0.4, 0.5) is 4.39 Å². The Bertz CT molecular complexity index is 519. The summed E-state index contributed by atoms with van der Waals surface area (Å²) in [6, 6.07) is 4.23. The highest BCUT2D eigenvalue weighted by atomic mass is 35.5. The summed E-state index contributed by atoms with van der Waals surface area (Å²) >= 11 is 11.1. The van der Waals surface area contributed by atoms with Crippen LogP contribution in [0.3, 0.4) is 0 Å². The molecule has 0 radical (unpaired) electrons. The Kier molecular flexibility index (Phi) is 3.76. The van der Waals surface area contributed by atoms with Gasteiger partial charge in [0.15, 0.2) is 0 Å². The number of nitrogens with zero attached hydrogens (tertiary/aromatic N) is 2. The smallest absolute Gasteiger partial charge is 0.321 e. The Morgan fingerprint density at radius 1 is 1.24 bits per heavy atom. The lowest BCUT2D eigenvalue weighted by atomic mass is 10.3. The number of rotatable bonds is 3. The number of hydrogen-bond donors (Lipinski definition) is 0. The van der Waals surface area contributed by atoms with Crippen molar-refractivity contribution < 1.29 is 9.13 Å². The van der Waals surface area contributed by atoms with Crippen molar-refractivity contribution in [2.75, 3.05) is 0 Å². The summed E-state index contributed by atoms with van der Waals surface area (Å²) in [6.45, 7) is 0. The predicted octanol–water partition coefficient (Wildman–Crippen LogP) is 3.80. The second-order valence-corrected chi connectivity index (χ2v) is 3.86. The third kappa shape index (κ3) is 3.05. The minimum atomic E-state index is -0.554. The van der Waals surface area contributed by atoms with E-state index in [2.05, 4.69) is 9.97 Å². The van der Waals surface area contributed by atoms with E-state index in [0.29, 0.717) is 5.88 Å². The highest BCUT2D eigenvalue weighted by Crippen LogP contribution is 2.23. The Labute approximate surface area is 107 Å². The van der Waals surface area contributed by atoms with Crippen LogP contribution in [-0.4, -0.2) is 9.97 Å². The number of aromatic nitrogens is 2. The average molecular weight is 273 g/mol. The third-order valence-corrected chi connectivity index (χ3v) is 2.55. The van der Waals surface area contributed by atoms with Gasteiger partial charge in [-0.05, 0) is 12.1 Å². The van der Waals surface area contributed by atoms with Crippen LogP contribution in [0.2, 0.25) is 5.02 Å². The molecule has 0 spiro atoms. The zero-order valence-corrected chi connectivity index (χ0v) is 10.0. The van der Waals surface area contributed by atoms with Gasteiger partial charge >= 0.3 is 6.01 Å².